The maximum atomic E-state index is 13.3. The van der Waals surface area contributed by atoms with E-state index < -0.39 is 16.0 Å². The second-order valence-electron chi connectivity index (χ2n) is 7.46. The van der Waals surface area contributed by atoms with Crippen molar-refractivity contribution in [2.45, 2.75) is 18.2 Å². The third-order valence-corrected chi connectivity index (χ3v) is 7.36. The highest BCUT2D eigenvalue weighted by Gasteiger charge is 2.31. The Balaban J connectivity index is 1.66. The zero-order valence-electron chi connectivity index (χ0n) is 18.1. The van der Waals surface area contributed by atoms with Gasteiger partial charge in [0.1, 0.15) is 6.07 Å². The van der Waals surface area contributed by atoms with Crippen molar-refractivity contribution in [1.29, 1.82) is 5.26 Å². The highest BCUT2D eigenvalue weighted by atomic mass is 32.2. The molecular formula is C23H23N5O4S. The highest BCUT2D eigenvalue weighted by Crippen LogP contribution is 2.25. The first kappa shape index (κ1) is 22.6. The minimum Gasteiger partial charge on any atom is -0.461 e. The number of aromatic nitrogens is 2. The number of rotatable bonds is 5. The lowest BCUT2D eigenvalue weighted by atomic mass is 10.2. The van der Waals surface area contributed by atoms with Gasteiger partial charge < -0.3 is 9.64 Å². The molecule has 0 radical (unpaired) electrons. The predicted octanol–water partition coefficient (Wildman–Crippen LogP) is 2.58. The normalized spacial score (nSPS) is 15.1. The molecule has 0 bridgehead atoms. The van der Waals surface area contributed by atoms with Crippen LogP contribution in [0.4, 0.5) is 5.82 Å². The lowest BCUT2D eigenvalue weighted by Crippen LogP contribution is -2.36. The second kappa shape index (κ2) is 9.52. The molecule has 0 atom stereocenters. The summed E-state index contributed by atoms with van der Waals surface area (Å²) in [4.78, 5) is 23.7. The summed E-state index contributed by atoms with van der Waals surface area (Å²) in [6.45, 7) is 3.20. The van der Waals surface area contributed by atoms with Crippen LogP contribution in [0.2, 0.25) is 0 Å². The molecule has 0 unspecified atom stereocenters. The summed E-state index contributed by atoms with van der Waals surface area (Å²) in [5.74, 6) is -0.189. The number of carbonyl (C=O) groups is 1. The van der Waals surface area contributed by atoms with Crippen molar-refractivity contribution in [3.05, 3.63) is 59.8 Å². The van der Waals surface area contributed by atoms with Crippen LogP contribution in [0.3, 0.4) is 0 Å². The van der Waals surface area contributed by atoms with Crippen LogP contribution < -0.4 is 4.90 Å². The van der Waals surface area contributed by atoms with E-state index in [9.17, 15) is 18.5 Å². The Hall–Kier alpha value is -3.55. The van der Waals surface area contributed by atoms with Gasteiger partial charge in [-0.2, -0.15) is 9.57 Å². The quantitative estimate of drug-likeness (QED) is 0.528. The molecule has 4 rings (SSSR count). The average molecular weight is 466 g/mol. The first-order valence-electron chi connectivity index (χ1n) is 10.6. The van der Waals surface area contributed by atoms with Crippen LogP contribution in [0, 0.1) is 11.3 Å². The van der Waals surface area contributed by atoms with E-state index in [1.54, 1.807) is 25.1 Å². The smallest absolute Gasteiger partial charge is 0.360 e. The van der Waals surface area contributed by atoms with Crippen LogP contribution in [0.25, 0.3) is 11.0 Å². The van der Waals surface area contributed by atoms with E-state index >= 15 is 0 Å². The van der Waals surface area contributed by atoms with Crippen LogP contribution in [0.15, 0.2) is 53.4 Å². The van der Waals surface area contributed by atoms with Crippen molar-refractivity contribution in [1.82, 2.24) is 14.3 Å². The number of nitrogens with zero attached hydrogens (tertiary/aromatic N) is 5. The third-order valence-electron chi connectivity index (χ3n) is 5.40. The molecule has 33 heavy (non-hydrogen) atoms. The molecule has 0 N–H and O–H groups in total. The number of nitriles is 1. The molecule has 10 heteroatoms. The predicted molar refractivity (Wildman–Crippen MR) is 122 cm³/mol. The fraction of sp³-hybridized carbons (Fsp3) is 0.304. The van der Waals surface area contributed by atoms with Crippen LogP contribution in [0.5, 0.6) is 0 Å². The average Bonchev–Trinajstić information content (AvgIpc) is 3.10. The SMILES string of the molecule is CCOC(=O)c1nc2ccccc2nc1N1CCCN(S(=O)(=O)c2ccccc2C#N)CC1. The van der Waals surface area contributed by atoms with Gasteiger partial charge in [-0.05, 0) is 37.6 Å². The molecule has 1 saturated heterocycles. The molecule has 1 aliphatic rings. The number of carbonyl (C=O) groups excluding carboxylic acids is 1. The summed E-state index contributed by atoms with van der Waals surface area (Å²) < 4.78 is 33.1. The van der Waals surface area contributed by atoms with E-state index in [1.807, 2.05) is 29.2 Å². The zero-order chi connectivity index (χ0) is 23.4. The van der Waals surface area contributed by atoms with Gasteiger partial charge in [0, 0.05) is 26.2 Å². The molecule has 2 aromatic carbocycles. The molecule has 9 nitrogen and oxygen atoms in total. The Kier molecular flexibility index (Phi) is 6.53. The van der Waals surface area contributed by atoms with Crippen molar-refractivity contribution < 1.29 is 17.9 Å². The monoisotopic (exact) mass is 465 g/mol. The number of para-hydroxylation sites is 2. The Bertz CT molecular complexity index is 1340. The van der Waals surface area contributed by atoms with E-state index in [0.29, 0.717) is 36.4 Å². The van der Waals surface area contributed by atoms with E-state index in [2.05, 4.69) is 9.97 Å². The number of ether oxygens (including phenoxy) is 1. The lowest BCUT2D eigenvalue weighted by Gasteiger charge is -2.24. The largest absolute Gasteiger partial charge is 0.461 e. The van der Waals surface area contributed by atoms with Crippen LogP contribution in [-0.2, 0) is 14.8 Å². The van der Waals surface area contributed by atoms with Gasteiger partial charge in [0.2, 0.25) is 10.0 Å². The van der Waals surface area contributed by atoms with Crippen molar-refractivity contribution >= 4 is 32.8 Å². The maximum Gasteiger partial charge on any atom is 0.360 e. The Morgan fingerprint density at radius 1 is 1.03 bits per heavy atom. The molecule has 1 aliphatic heterocycles. The van der Waals surface area contributed by atoms with Gasteiger partial charge in [0.15, 0.2) is 11.5 Å². The number of esters is 1. The van der Waals surface area contributed by atoms with Crippen LogP contribution in [-0.4, -0.2) is 61.4 Å². The number of sulfonamides is 1. The Labute approximate surface area is 192 Å². The van der Waals surface area contributed by atoms with E-state index in [4.69, 9.17) is 4.74 Å². The molecule has 170 valence electrons. The van der Waals surface area contributed by atoms with Crippen molar-refractivity contribution in [3.8, 4) is 6.07 Å². The number of benzene rings is 2. The zero-order valence-corrected chi connectivity index (χ0v) is 19.0. The number of hydrogen-bond donors (Lipinski definition) is 0. The maximum absolute atomic E-state index is 13.3. The molecular weight excluding hydrogens is 442 g/mol. The number of fused-ring (bicyclic) bond motifs is 1. The summed E-state index contributed by atoms with van der Waals surface area (Å²) in [5, 5.41) is 9.34. The summed E-state index contributed by atoms with van der Waals surface area (Å²) >= 11 is 0. The second-order valence-corrected chi connectivity index (χ2v) is 9.36. The van der Waals surface area contributed by atoms with E-state index in [0.717, 1.165) is 0 Å². The Morgan fingerprint density at radius 3 is 2.45 bits per heavy atom. The fourth-order valence-corrected chi connectivity index (χ4v) is 5.43. The molecule has 3 aromatic rings. The van der Waals surface area contributed by atoms with Crippen molar-refractivity contribution in [2.24, 2.45) is 0 Å². The first-order valence-corrected chi connectivity index (χ1v) is 12.1. The van der Waals surface area contributed by atoms with Gasteiger partial charge >= 0.3 is 5.97 Å². The van der Waals surface area contributed by atoms with Gasteiger partial charge in [0.25, 0.3) is 0 Å². The van der Waals surface area contributed by atoms with Gasteiger partial charge in [-0.25, -0.2) is 23.2 Å². The molecule has 1 fully saturated rings. The van der Waals surface area contributed by atoms with Gasteiger partial charge in [-0.1, -0.05) is 24.3 Å². The number of hydrogen-bond acceptors (Lipinski definition) is 8. The molecule has 0 saturated carbocycles. The van der Waals surface area contributed by atoms with E-state index in [1.165, 1.54) is 16.4 Å². The summed E-state index contributed by atoms with van der Waals surface area (Å²) in [6.07, 6.45) is 0.519. The topological polar surface area (TPSA) is 116 Å². The van der Waals surface area contributed by atoms with Gasteiger partial charge in [-0.15, -0.1) is 0 Å². The number of anilines is 1. The third kappa shape index (κ3) is 4.51. The lowest BCUT2D eigenvalue weighted by molar-refractivity contribution is 0.0520. The standard InChI is InChI=1S/C23H23N5O4S/c1-2-32-23(29)21-22(26-19-10-5-4-9-18(19)25-21)27-12-7-13-28(15-14-27)33(30,31)20-11-6-3-8-17(20)16-24/h3-6,8-11H,2,7,12-15H2,1H3. The molecule has 0 spiro atoms. The summed E-state index contributed by atoms with van der Waals surface area (Å²) in [7, 11) is -3.85. The van der Waals surface area contributed by atoms with E-state index in [-0.39, 0.29) is 35.8 Å². The molecule has 0 aliphatic carbocycles. The van der Waals surface area contributed by atoms with Gasteiger partial charge in [0.05, 0.1) is 28.1 Å². The summed E-state index contributed by atoms with van der Waals surface area (Å²) in [5.41, 5.74) is 1.44. The molecule has 2 heterocycles. The van der Waals surface area contributed by atoms with Crippen LogP contribution >= 0.6 is 0 Å². The van der Waals surface area contributed by atoms with Crippen molar-refractivity contribution in [2.75, 3.05) is 37.7 Å². The minimum absolute atomic E-state index is 0.00124. The first-order chi connectivity index (χ1) is 16.0. The van der Waals surface area contributed by atoms with Crippen molar-refractivity contribution in [3.63, 3.8) is 0 Å². The highest BCUT2D eigenvalue weighted by molar-refractivity contribution is 7.89. The Morgan fingerprint density at radius 2 is 1.73 bits per heavy atom. The van der Waals surface area contributed by atoms with Gasteiger partial charge in [-0.3, -0.25) is 0 Å². The molecule has 1 aromatic heterocycles. The molecule has 0 amide bonds. The fourth-order valence-electron chi connectivity index (χ4n) is 3.82. The van der Waals surface area contributed by atoms with Crippen LogP contribution in [0.1, 0.15) is 29.4 Å². The summed E-state index contributed by atoms with van der Waals surface area (Å²) in [6, 6.07) is 15.4. The minimum atomic E-state index is -3.85.